The first-order valence-corrected chi connectivity index (χ1v) is 40.9. The molecule has 2 aromatic carbocycles. The summed E-state index contributed by atoms with van der Waals surface area (Å²) in [4.78, 5) is 87.8. The Hall–Kier alpha value is -15.4. The number of amides is 4. The Labute approximate surface area is 737 Å². The number of rotatable bonds is 20. The standard InChI is InChI=1S/C25H22F3N5O2.C24H21F3N6O2.C23H24N6O.C21H20N6O2/c1-15-2-3-20(33-24(34)22-11-18(4-7-30-22)25(26,27)28)12-21(15)17-10-16(13-29)23(31-14-17)32-19-5-8-35-9-6-19;1-14-20(16-8-15(11-28)22(31-12-16)32-18-3-6-35-7-4-18)10-19(13-30-14)33-23(34)21-9-17(2-5-29-21)24(25,26)27;1-14-5-8-18(26-23(30)21-11-20(15-6-7-15)27-29(21)4)10-19(14)17-9-16(12-24)22(25-13-17)28(2)3;1-12-17(15-6-14(9-22)20(24-10-15)27(2)3)7-16(11-23-12)25-21(28)18-8-19(29-26-18)13-4-5-13/h2-4,7,10-12,14,19H,5-6,8-9H2,1H3,(H,31,32)(H,33,34);2,5,8-10,12-13,18H,3-4,6-7H2,1H3,(H,31,32)(H,33,34);5,8-11,13,15H,6-7H2,1-4H3,(H,26,30);6-8,10-11,13H,4-5H2,1-3H3,(H,25,28). The lowest BCUT2D eigenvalue weighted by atomic mass is 9.99. The number of nitrogens with zero attached hydrogens (tertiary/aromatic N) is 17. The number of aryl methyl sites for hydroxylation is 5. The molecule has 12 aromatic rings. The van der Waals surface area contributed by atoms with E-state index in [-0.39, 0.29) is 46.7 Å². The number of benzene rings is 2. The Morgan fingerprint density at radius 2 is 0.814 bits per heavy atom. The third-order valence-electron chi connectivity index (χ3n) is 21.4. The topological polar surface area (TPSA) is 408 Å². The molecule has 2 aliphatic carbocycles. The number of carbonyl (C=O) groups excluding carboxylic acids is 4. The van der Waals surface area contributed by atoms with E-state index in [9.17, 15) is 66.6 Å². The quantitative estimate of drug-likeness (QED) is 0.0386. The summed E-state index contributed by atoms with van der Waals surface area (Å²) in [5.41, 5.74) is 11.9. The molecule has 658 valence electrons. The fraction of sp³-hybridized carbons (Fsp3) is 0.290. The second-order valence-corrected chi connectivity index (χ2v) is 31.4. The van der Waals surface area contributed by atoms with Gasteiger partial charge in [-0.05, 0) is 192 Å². The molecule has 30 nitrogen and oxygen atoms in total. The molecule has 2 saturated carbocycles. The molecule has 4 fully saturated rings. The van der Waals surface area contributed by atoms with Crippen LogP contribution in [0, 0.1) is 73.0 Å². The number of nitriles is 4. The predicted octanol–water partition coefficient (Wildman–Crippen LogP) is 17.1. The Kier molecular flexibility index (Phi) is 28.5. The van der Waals surface area contributed by atoms with Crippen molar-refractivity contribution in [1.82, 2.24) is 54.8 Å². The number of aromatic nitrogens is 11. The molecule has 6 N–H and O–H groups in total. The zero-order chi connectivity index (χ0) is 92.0. The molecule has 0 spiro atoms. The Balaban J connectivity index is 0.000000147. The van der Waals surface area contributed by atoms with Crippen LogP contribution in [0.15, 0.2) is 163 Å². The Bertz CT molecular complexity index is 6180. The van der Waals surface area contributed by atoms with E-state index < -0.39 is 35.3 Å². The average molecular weight is 1750 g/mol. The van der Waals surface area contributed by atoms with E-state index in [2.05, 4.69) is 106 Å². The van der Waals surface area contributed by atoms with Crippen LogP contribution in [-0.4, -0.2) is 145 Å². The van der Waals surface area contributed by atoms with Crippen molar-refractivity contribution in [2.45, 2.75) is 115 Å². The van der Waals surface area contributed by atoms with Gasteiger partial charge in [-0.15, -0.1) is 0 Å². The first-order valence-electron chi connectivity index (χ1n) is 40.9. The smallest absolute Gasteiger partial charge is 0.381 e. The van der Waals surface area contributed by atoms with E-state index in [1.165, 1.54) is 6.20 Å². The number of hydrogen-bond donors (Lipinski definition) is 6. The molecule has 4 aliphatic rings. The minimum absolute atomic E-state index is 0.167. The number of anilines is 8. The minimum Gasteiger partial charge on any atom is -0.381 e. The molecular weight excluding hydrogens is 1670 g/mol. The van der Waals surface area contributed by atoms with Crippen molar-refractivity contribution in [3.8, 4) is 68.8 Å². The number of carbonyl (C=O) groups is 4. The second-order valence-electron chi connectivity index (χ2n) is 31.4. The third-order valence-corrected chi connectivity index (χ3v) is 21.4. The molecule has 0 unspecified atom stereocenters. The summed E-state index contributed by atoms with van der Waals surface area (Å²) in [6.45, 7) is 10.1. The van der Waals surface area contributed by atoms with Crippen molar-refractivity contribution in [3.05, 3.63) is 249 Å². The number of halogens is 6. The maximum Gasteiger partial charge on any atom is 0.416 e. The zero-order valence-corrected chi connectivity index (χ0v) is 71.5. The fourth-order valence-corrected chi connectivity index (χ4v) is 14.1. The Morgan fingerprint density at radius 3 is 1.22 bits per heavy atom. The van der Waals surface area contributed by atoms with E-state index in [4.69, 9.17) is 14.0 Å². The lowest BCUT2D eigenvalue weighted by molar-refractivity contribution is -0.138. The highest BCUT2D eigenvalue weighted by atomic mass is 19.4. The van der Waals surface area contributed by atoms with E-state index in [0.29, 0.717) is 141 Å². The summed E-state index contributed by atoms with van der Waals surface area (Å²) in [5.74, 6) is 1.75. The van der Waals surface area contributed by atoms with Crippen molar-refractivity contribution in [2.24, 2.45) is 7.05 Å². The number of nitrogens with one attached hydrogen (secondary N) is 6. The largest absolute Gasteiger partial charge is 0.416 e. The van der Waals surface area contributed by atoms with Crippen LogP contribution in [0.5, 0.6) is 0 Å². The van der Waals surface area contributed by atoms with Crippen molar-refractivity contribution in [1.29, 1.82) is 21.0 Å². The van der Waals surface area contributed by atoms with Crippen molar-refractivity contribution in [2.75, 3.05) is 96.3 Å². The van der Waals surface area contributed by atoms with Gasteiger partial charge in [0.15, 0.2) is 5.69 Å². The van der Waals surface area contributed by atoms with Crippen molar-refractivity contribution in [3.63, 3.8) is 0 Å². The number of alkyl halides is 6. The summed E-state index contributed by atoms with van der Waals surface area (Å²) in [7, 11) is 9.19. The second kappa shape index (κ2) is 40.3. The minimum atomic E-state index is -4.59. The highest BCUT2D eigenvalue weighted by Crippen LogP contribution is 2.42. The van der Waals surface area contributed by atoms with Gasteiger partial charge in [0.2, 0.25) is 0 Å². The molecule has 12 heterocycles. The van der Waals surface area contributed by atoms with Crippen LogP contribution >= 0.6 is 0 Å². The number of ether oxygens (including phenoxy) is 2. The monoisotopic (exact) mass is 1750 g/mol. The van der Waals surface area contributed by atoms with E-state index >= 15 is 0 Å². The molecule has 2 saturated heterocycles. The number of pyridine rings is 8. The van der Waals surface area contributed by atoms with Crippen molar-refractivity contribution >= 4 is 69.6 Å². The van der Waals surface area contributed by atoms with Gasteiger partial charge in [0.1, 0.15) is 70.4 Å². The third kappa shape index (κ3) is 23.2. The average Bonchev–Trinajstić information content (AvgIpc) is 1.68. The van der Waals surface area contributed by atoms with E-state index in [1.807, 2.05) is 90.3 Å². The van der Waals surface area contributed by atoms with Crippen LogP contribution in [0.1, 0.15) is 173 Å². The van der Waals surface area contributed by atoms with Gasteiger partial charge in [-0.3, -0.25) is 43.8 Å². The van der Waals surface area contributed by atoms with Gasteiger partial charge in [-0.1, -0.05) is 17.3 Å². The number of hydrogen-bond acceptors (Lipinski definition) is 25. The van der Waals surface area contributed by atoms with Gasteiger partial charge in [-0.2, -0.15) is 52.5 Å². The molecule has 129 heavy (non-hydrogen) atoms. The lowest BCUT2D eigenvalue weighted by Crippen LogP contribution is -2.28. The van der Waals surface area contributed by atoms with Crippen LogP contribution in [0.3, 0.4) is 0 Å². The summed E-state index contributed by atoms with van der Waals surface area (Å²) >= 11 is 0. The molecule has 2 aliphatic heterocycles. The molecule has 0 atom stereocenters. The molecule has 0 radical (unpaired) electrons. The first-order chi connectivity index (χ1) is 61.8. The van der Waals surface area contributed by atoms with Gasteiger partial charge < -0.3 is 55.7 Å². The summed E-state index contributed by atoms with van der Waals surface area (Å²) < 4.78 is 95.4. The van der Waals surface area contributed by atoms with Gasteiger partial charge >= 0.3 is 12.4 Å². The summed E-state index contributed by atoms with van der Waals surface area (Å²) in [6, 6.07) is 36.9. The SMILES string of the molecule is Cc1ccc(NC(=O)c2cc(C(F)(F)F)ccn2)cc1-c1cnc(NC2CCOCC2)c(C#N)c1.Cc1ccc(NC(=O)c2cc(C3CC3)nn2C)cc1-c1cnc(N(C)C)c(C#N)c1.Cc1ncc(NC(=O)c2cc(C(F)(F)F)ccn2)cc1-c1cnc(NC2CCOCC2)c(C#N)c1.Cc1ncc(NC(=O)c2cc(C3CC3)on2)cc1-c1cnc(N(C)C)c(C#N)c1. The highest BCUT2D eigenvalue weighted by molar-refractivity contribution is 6.06. The van der Waals surface area contributed by atoms with Crippen LogP contribution in [-0.2, 0) is 28.9 Å². The van der Waals surface area contributed by atoms with E-state index in [1.54, 1.807) is 103 Å². The molecule has 4 amide bonds. The van der Waals surface area contributed by atoms with Crippen LogP contribution in [0.4, 0.5) is 72.4 Å². The van der Waals surface area contributed by atoms with Gasteiger partial charge in [0.25, 0.3) is 23.6 Å². The molecule has 10 aromatic heterocycles. The summed E-state index contributed by atoms with van der Waals surface area (Å²) in [5, 5.41) is 64.1. The highest BCUT2D eigenvalue weighted by Gasteiger charge is 2.35. The van der Waals surface area contributed by atoms with Crippen molar-refractivity contribution < 1.29 is 59.5 Å². The molecular formula is C93H87F6N23O7. The molecule has 36 heteroatoms. The zero-order valence-electron chi connectivity index (χ0n) is 71.5. The van der Waals surface area contributed by atoms with Crippen LogP contribution < -0.4 is 41.7 Å². The first kappa shape index (κ1) is 91.3. The van der Waals surface area contributed by atoms with E-state index in [0.717, 1.165) is 132 Å². The maximum atomic E-state index is 13.0. The molecule has 0 bridgehead atoms. The van der Waals surface area contributed by atoms with Gasteiger partial charge in [-0.25, -0.2) is 19.9 Å². The van der Waals surface area contributed by atoms with Crippen LogP contribution in [0.2, 0.25) is 0 Å². The lowest BCUT2D eigenvalue weighted by Gasteiger charge is -2.24. The van der Waals surface area contributed by atoms with Crippen LogP contribution in [0.25, 0.3) is 44.5 Å². The fourth-order valence-electron chi connectivity index (χ4n) is 14.1. The maximum absolute atomic E-state index is 13.0. The normalized spacial score (nSPS) is 13.7. The predicted molar refractivity (Wildman–Crippen MR) is 470 cm³/mol. The summed E-state index contributed by atoms with van der Waals surface area (Å²) in [6.07, 6.45) is 10.1. The van der Waals surface area contributed by atoms with Gasteiger partial charge in [0.05, 0.1) is 62.8 Å². The molecule has 16 rings (SSSR count). The Morgan fingerprint density at radius 1 is 0.426 bits per heavy atom. The van der Waals surface area contributed by atoms with Gasteiger partial charge in [0, 0.05) is 185 Å².